The van der Waals surface area contributed by atoms with Crippen molar-refractivity contribution >= 4 is 23.4 Å². The summed E-state index contributed by atoms with van der Waals surface area (Å²) in [5, 5.41) is 16.7. The van der Waals surface area contributed by atoms with Gasteiger partial charge in [0.25, 0.3) is 0 Å². The van der Waals surface area contributed by atoms with Crippen molar-refractivity contribution < 1.29 is 29.0 Å². The van der Waals surface area contributed by atoms with Crippen molar-refractivity contribution in [2.24, 2.45) is 11.8 Å². The Morgan fingerprint density at radius 3 is 2.65 bits per heavy atom. The molecule has 3 amide bonds. The number of aliphatic hydroxyl groups excluding tert-OH is 1. The van der Waals surface area contributed by atoms with Crippen LogP contribution in [0.4, 0.5) is 5.69 Å². The molecule has 9 heteroatoms. The van der Waals surface area contributed by atoms with Crippen LogP contribution in [0, 0.1) is 25.7 Å². The van der Waals surface area contributed by atoms with Crippen LogP contribution in [0.2, 0.25) is 0 Å². The zero-order valence-corrected chi connectivity index (χ0v) is 19.0. The van der Waals surface area contributed by atoms with E-state index in [1.807, 2.05) is 26.0 Å². The molecule has 0 aliphatic carbocycles. The summed E-state index contributed by atoms with van der Waals surface area (Å²) in [6.45, 7) is 5.57. The Kier molecular flexibility index (Phi) is 4.37. The summed E-state index contributed by atoms with van der Waals surface area (Å²) in [4.78, 5) is 42.2. The minimum absolute atomic E-state index is 0.0469. The van der Waals surface area contributed by atoms with Crippen LogP contribution in [0.15, 0.2) is 30.3 Å². The molecule has 6 rings (SSSR count). The molecule has 176 valence electrons. The fraction of sp³-hybridized carbons (Fsp3) is 0.400. The van der Waals surface area contributed by atoms with Crippen molar-refractivity contribution in [1.82, 2.24) is 10.2 Å². The van der Waals surface area contributed by atoms with Crippen LogP contribution in [0.25, 0.3) is 0 Å². The number of fused-ring (bicyclic) bond motifs is 5. The number of amides is 3. The largest absolute Gasteiger partial charge is 0.454 e. The van der Waals surface area contributed by atoms with Gasteiger partial charge >= 0.3 is 0 Å². The van der Waals surface area contributed by atoms with Gasteiger partial charge in [0.15, 0.2) is 11.5 Å². The van der Waals surface area contributed by atoms with Crippen molar-refractivity contribution in [2.45, 2.75) is 45.0 Å². The summed E-state index contributed by atoms with van der Waals surface area (Å²) in [5.74, 6) is -1.84. The van der Waals surface area contributed by atoms with E-state index in [0.29, 0.717) is 28.3 Å². The van der Waals surface area contributed by atoms with Gasteiger partial charge in [-0.1, -0.05) is 23.8 Å². The van der Waals surface area contributed by atoms with E-state index in [-0.39, 0.29) is 19.2 Å². The van der Waals surface area contributed by atoms with Crippen LogP contribution < -0.4 is 20.1 Å². The molecular weight excluding hydrogens is 438 g/mol. The first-order valence-electron chi connectivity index (χ1n) is 11.3. The highest BCUT2D eigenvalue weighted by atomic mass is 16.7. The molecule has 2 aromatic rings. The van der Waals surface area contributed by atoms with Gasteiger partial charge < -0.3 is 19.9 Å². The molecule has 2 fully saturated rings. The number of anilines is 1. The van der Waals surface area contributed by atoms with Gasteiger partial charge in [0.2, 0.25) is 24.5 Å². The predicted molar refractivity (Wildman–Crippen MR) is 120 cm³/mol. The molecule has 34 heavy (non-hydrogen) atoms. The highest BCUT2D eigenvalue weighted by molar-refractivity contribution is 6.15. The third kappa shape index (κ3) is 2.65. The Labute approximate surface area is 196 Å². The molecule has 0 radical (unpaired) electrons. The van der Waals surface area contributed by atoms with Crippen molar-refractivity contribution in [3.8, 4) is 11.5 Å². The number of hydrogen-bond acceptors (Lipinski definition) is 7. The number of likely N-dealkylation sites (tertiary alicyclic amines) is 1. The van der Waals surface area contributed by atoms with Gasteiger partial charge in [-0.2, -0.15) is 0 Å². The first kappa shape index (κ1) is 21.1. The van der Waals surface area contributed by atoms with E-state index in [0.717, 1.165) is 11.1 Å². The van der Waals surface area contributed by atoms with Gasteiger partial charge in [0.05, 0.1) is 24.5 Å². The first-order valence-corrected chi connectivity index (χ1v) is 11.3. The van der Waals surface area contributed by atoms with E-state index in [9.17, 15) is 19.5 Å². The van der Waals surface area contributed by atoms with E-state index in [2.05, 4.69) is 10.6 Å². The van der Waals surface area contributed by atoms with Crippen LogP contribution in [0.3, 0.4) is 0 Å². The number of aliphatic hydroxyl groups is 1. The molecule has 3 N–H and O–H groups in total. The second kappa shape index (κ2) is 7.04. The van der Waals surface area contributed by atoms with Gasteiger partial charge in [0, 0.05) is 17.3 Å². The van der Waals surface area contributed by atoms with Gasteiger partial charge in [0.1, 0.15) is 5.54 Å². The topological polar surface area (TPSA) is 117 Å². The lowest BCUT2D eigenvalue weighted by atomic mass is 9.75. The highest BCUT2D eigenvalue weighted by Crippen LogP contribution is 2.54. The minimum atomic E-state index is -1.42. The normalized spacial score (nSPS) is 29.6. The maximum Gasteiger partial charge on any atom is 0.250 e. The summed E-state index contributed by atoms with van der Waals surface area (Å²) >= 11 is 0. The molecule has 2 saturated heterocycles. The minimum Gasteiger partial charge on any atom is -0.454 e. The number of benzene rings is 2. The lowest BCUT2D eigenvalue weighted by molar-refractivity contribution is -0.143. The SMILES string of the molecule is Cc1cc(C)c2c(c1)C1(NC(C(C)O)C3C(=O)N(Cc4ccc5c(c4)OCO5)C(=O)C31)C(=O)N2. The average molecular weight is 463 g/mol. The number of carbonyl (C=O) groups excluding carboxylic acids is 3. The number of nitrogens with one attached hydrogen (secondary N) is 2. The molecule has 2 aromatic carbocycles. The maximum absolute atomic E-state index is 13.8. The Morgan fingerprint density at radius 2 is 1.88 bits per heavy atom. The molecule has 4 aliphatic rings. The Bertz CT molecular complexity index is 1270. The van der Waals surface area contributed by atoms with Crippen molar-refractivity contribution in [1.29, 1.82) is 0 Å². The Hall–Kier alpha value is -3.43. The van der Waals surface area contributed by atoms with Crippen molar-refractivity contribution in [2.75, 3.05) is 12.1 Å². The number of ether oxygens (including phenoxy) is 2. The lowest BCUT2D eigenvalue weighted by Gasteiger charge is -2.30. The third-order valence-electron chi connectivity index (χ3n) is 7.49. The molecule has 5 atom stereocenters. The third-order valence-corrected chi connectivity index (χ3v) is 7.49. The predicted octanol–water partition coefficient (Wildman–Crippen LogP) is 1.33. The number of aryl methyl sites for hydroxylation is 2. The van der Waals surface area contributed by atoms with Crippen molar-refractivity contribution in [3.05, 3.63) is 52.6 Å². The molecule has 0 bridgehead atoms. The van der Waals surface area contributed by atoms with Crippen LogP contribution in [0.1, 0.15) is 29.2 Å². The zero-order chi connectivity index (χ0) is 23.9. The molecule has 0 aromatic heterocycles. The van der Waals surface area contributed by atoms with Crippen LogP contribution >= 0.6 is 0 Å². The summed E-state index contributed by atoms with van der Waals surface area (Å²) < 4.78 is 10.8. The van der Waals surface area contributed by atoms with Crippen LogP contribution in [-0.4, -0.2) is 46.7 Å². The number of nitrogens with zero attached hydrogens (tertiary/aromatic N) is 1. The maximum atomic E-state index is 13.8. The highest BCUT2D eigenvalue weighted by Gasteiger charge is 2.71. The van der Waals surface area contributed by atoms with E-state index >= 15 is 0 Å². The molecule has 4 heterocycles. The molecule has 9 nitrogen and oxygen atoms in total. The first-order chi connectivity index (χ1) is 16.2. The van der Waals surface area contributed by atoms with Crippen LogP contribution in [-0.2, 0) is 26.5 Å². The van der Waals surface area contributed by atoms with Gasteiger partial charge in [-0.25, -0.2) is 0 Å². The molecule has 4 aliphatic heterocycles. The molecule has 0 saturated carbocycles. The smallest absolute Gasteiger partial charge is 0.250 e. The number of rotatable bonds is 3. The van der Waals surface area contributed by atoms with E-state index in [4.69, 9.17) is 9.47 Å². The summed E-state index contributed by atoms with van der Waals surface area (Å²) in [6.07, 6.45) is -0.947. The summed E-state index contributed by atoms with van der Waals surface area (Å²) in [7, 11) is 0. The van der Waals surface area contributed by atoms with Gasteiger partial charge in [-0.3, -0.25) is 24.6 Å². The molecular formula is C25H25N3O6. The fourth-order valence-electron chi connectivity index (χ4n) is 6.04. The number of hydrogen-bond donors (Lipinski definition) is 3. The summed E-state index contributed by atoms with van der Waals surface area (Å²) in [6, 6.07) is 8.38. The second-order valence-electron chi connectivity index (χ2n) is 9.63. The lowest BCUT2D eigenvalue weighted by Crippen LogP contribution is -2.54. The fourth-order valence-corrected chi connectivity index (χ4v) is 6.04. The summed E-state index contributed by atoms with van der Waals surface area (Å²) in [5.41, 5.74) is 2.42. The zero-order valence-electron chi connectivity index (χ0n) is 19.0. The Balaban J connectivity index is 1.44. The molecule has 1 spiro atoms. The van der Waals surface area contributed by atoms with Gasteiger partial charge in [-0.05, 0) is 44.0 Å². The average Bonchev–Trinajstić information content (AvgIpc) is 3.51. The molecule has 5 unspecified atom stereocenters. The van der Waals surface area contributed by atoms with Gasteiger partial charge in [-0.15, -0.1) is 0 Å². The van der Waals surface area contributed by atoms with E-state index in [1.165, 1.54) is 4.90 Å². The monoisotopic (exact) mass is 463 g/mol. The van der Waals surface area contributed by atoms with E-state index < -0.39 is 41.3 Å². The van der Waals surface area contributed by atoms with Crippen LogP contribution in [0.5, 0.6) is 11.5 Å². The number of carbonyl (C=O) groups is 3. The quantitative estimate of drug-likeness (QED) is 0.588. The number of imide groups is 1. The van der Waals surface area contributed by atoms with E-state index in [1.54, 1.807) is 25.1 Å². The Morgan fingerprint density at radius 1 is 1.12 bits per heavy atom. The second-order valence-corrected chi connectivity index (χ2v) is 9.63. The standard InChI is InChI=1S/C25H25N3O6/c1-11-6-12(2)20-15(7-11)25(24(32)26-20)19-18(21(27-25)13(3)29)22(30)28(23(19)31)9-14-4-5-16-17(8-14)34-10-33-16/h4-8,13,18-19,21,27,29H,9-10H2,1-3H3,(H,26,32). The van der Waals surface area contributed by atoms with Crippen molar-refractivity contribution in [3.63, 3.8) is 0 Å².